The molecule has 0 saturated heterocycles. The summed E-state index contributed by atoms with van der Waals surface area (Å²) in [5.41, 5.74) is 3.15. The van der Waals surface area contributed by atoms with Crippen LogP contribution in [0.2, 0.25) is 0 Å². The van der Waals surface area contributed by atoms with E-state index < -0.39 is 0 Å². The Morgan fingerprint density at radius 1 is 1.08 bits per heavy atom. The maximum atomic E-state index is 2.39. The number of hydrogen-bond acceptors (Lipinski definition) is 0. The minimum atomic E-state index is 0.736. The van der Waals surface area contributed by atoms with Crippen molar-refractivity contribution in [1.29, 1.82) is 0 Å². The van der Waals surface area contributed by atoms with Crippen LogP contribution in [0, 0.1) is 3.57 Å². The lowest BCUT2D eigenvalue weighted by Gasteiger charge is -2.09. The molecule has 1 aromatic rings. The molecule has 0 heterocycles. The molecule has 3 rings (SSSR count). The Morgan fingerprint density at radius 3 is 2.67 bits per heavy atom. The normalized spacial score (nSPS) is 29.4. The third kappa shape index (κ3) is 0.830. The van der Waals surface area contributed by atoms with Gasteiger partial charge in [-0.25, -0.2) is 0 Å². The first-order valence-electron chi connectivity index (χ1n) is 4.32. The van der Waals surface area contributed by atoms with Crippen molar-refractivity contribution in [1.82, 2.24) is 0 Å². The van der Waals surface area contributed by atoms with Gasteiger partial charge >= 0.3 is 0 Å². The monoisotopic (exact) mass is 268 g/mol. The molecule has 0 aromatic heterocycles. The summed E-state index contributed by atoms with van der Waals surface area (Å²) in [6, 6.07) is 6.85. The van der Waals surface area contributed by atoms with Crippen LogP contribution < -0.4 is 0 Å². The summed E-state index contributed by atoms with van der Waals surface area (Å²) in [5.74, 6) is 1.47. The van der Waals surface area contributed by atoms with Gasteiger partial charge in [0.05, 0.1) is 0 Å². The molecule has 0 radical (unpaired) electrons. The maximum Gasteiger partial charge on any atom is 0.0133 e. The second-order valence-corrected chi connectivity index (χ2v) is 4.85. The number of rotatable bonds is 0. The van der Waals surface area contributed by atoms with Crippen LogP contribution in [0.4, 0.5) is 0 Å². The van der Waals surface area contributed by atoms with E-state index in [0.717, 1.165) is 11.8 Å². The maximum absolute atomic E-state index is 2.39. The fourth-order valence-corrected chi connectivity index (χ4v) is 2.88. The van der Waals surface area contributed by atoms with Gasteiger partial charge in [0.25, 0.3) is 0 Å². The number of allylic oxidation sites excluding steroid dienone is 2. The molecule has 2 atom stereocenters. The van der Waals surface area contributed by atoms with E-state index >= 15 is 0 Å². The zero-order valence-electron chi connectivity index (χ0n) is 6.63. The SMILES string of the molecule is Ic1ccc2c(c1)C1C=CC2C1. The van der Waals surface area contributed by atoms with E-state index in [0.29, 0.717) is 0 Å². The minimum Gasteiger partial charge on any atom is -0.0804 e. The van der Waals surface area contributed by atoms with E-state index in [9.17, 15) is 0 Å². The van der Waals surface area contributed by atoms with Crippen molar-refractivity contribution in [3.8, 4) is 0 Å². The Bertz CT molecular complexity index is 365. The van der Waals surface area contributed by atoms with Crippen molar-refractivity contribution < 1.29 is 0 Å². The zero-order chi connectivity index (χ0) is 8.13. The van der Waals surface area contributed by atoms with E-state index in [1.54, 1.807) is 11.1 Å². The Kier molecular flexibility index (Phi) is 1.39. The van der Waals surface area contributed by atoms with Crippen LogP contribution in [0.3, 0.4) is 0 Å². The van der Waals surface area contributed by atoms with Gasteiger partial charge in [0.2, 0.25) is 0 Å². The fourth-order valence-electron chi connectivity index (χ4n) is 2.36. The van der Waals surface area contributed by atoms with Crippen LogP contribution in [-0.4, -0.2) is 0 Å². The summed E-state index contributed by atoms with van der Waals surface area (Å²) in [6.07, 6.45) is 6.05. The standard InChI is InChI=1S/C11H9I/c12-9-3-4-10-7-1-2-8(5-7)11(10)6-9/h1-4,6-8H,5H2. The molecule has 0 aliphatic heterocycles. The number of benzene rings is 1. The van der Waals surface area contributed by atoms with Gasteiger partial charge in [0.15, 0.2) is 0 Å². The highest BCUT2D eigenvalue weighted by Crippen LogP contribution is 2.48. The van der Waals surface area contributed by atoms with Crippen molar-refractivity contribution in [3.05, 3.63) is 45.0 Å². The van der Waals surface area contributed by atoms with Crippen LogP contribution >= 0.6 is 22.6 Å². The number of hydrogen-bond donors (Lipinski definition) is 0. The molecule has 12 heavy (non-hydrogen) atoms. The topological polar surface area (TPSA) is 0 Å². The second kappa shape index (κ2) is 2.34. The average molecular weight is 268 g/mol. The molecule has 60 valence electrons. The van der Waals surface area contributed by atoms with Gasteiger partial charge in [-0.15, -0.1) is 0 Å². The molecule has 0 amide bonds. The lowest BCUT2D eigenvalue weighted by Crippen LogP contribution is -1.92. The van der Waals surface area contributed by atoms with Gasteiger partial charge in [0, 0.05) is 15.4 Å². The zero-order valence-corrected chi connectivity index (χ0v) is 8.78. The van der Waals surface area contributed by atoms with E-state index in [-0.39, 0.29) is 0 Å². The lowest BCUT2D eigenvalue weighted by molar-refractivity contribution is 0.804. The van der Waals surface area contributed by atoms with Crippen LogP contribution in [-0.2, 0) is 0 Å². The van der Waals surface area contributed by atoms with Gasteiger partial charge in [-0.05, 0) is 52.3 Å². The van der Waals surface area contributed by atoms with Gasteiger partial charge in [-0.3, -0.25) is 0 Å². The first kappa shape index (κ1) is 7.13. The van der Waals surface area contributed by atoms with Crippen LogP contribution in [0.15, 0.2) is 30.4 Å². The number of fused-ring (bicyclic) bond motifs is 5. The molecule has 1 aromatic carbocycles. The number of halogens is 1. The predicted octanol–water partition coefficient (Wildman–Crippen LogP) is 3.43. The quantitative estimate of drug-likeness (QED) is 0.499. The van der Waals surface area contributed by atoms with E-state index in [2.05, 4.69) is 52.9 Å². The molecule has 0 nitrogen and oxygen atoms in total. The molecule has 2 aliphatic rings. The molecule has 0 fully saturated rings. The molecule has 2 unspecified atom stereocenters. The van der Waals surface area contributed by atoms with Crippen LogP contribution in [0.1, 0.15) is 29.4 Å². The van der Waals surface area contributed by atoms with Crippen molar-refractivity contribution in [2.45, 2.75) is 18.3 Å². The third-order valence-corrected chi connectivity index (χ3v) is 3.60. The first-order chi connectivity index (χ1) is 5.84. The van der Waals surface area contributed by atoms with Crippen LogP contribution in [0.25, 0.3) is 0 Å². The average Bonchev–Trinajstić information content (AvgIpc) is 2.63. The summed E-state index contributed by atoms with van der Waals surface area (Å²) in [5, 5.41) is 0. The van der Waals surface area contributed by atoms with Crippen molar-refractivity contribution >= 4 is 22.6 Å². The van der Waals surface area contributed by atoms with Crippen LogP contribution in [0.5, 0.6) is 0 Å². The molecule has 0 saturated carbocycles. The van der Waals surface area contributed by atoms with Gasteiger partial charge in [-0.2, -0.15) is 0 Å². The molecular formula is C11H9I. The predicted molar refractivity (Wildman–Crippen MR) is 58.4 cm³/mol. The highest BCUT2D eigenvalue weighted by molar-refractivity contribution is 14.1. The Hall–Kier alpha value is -0.310. The summed E-state index contributed by atoms with van der Waals surface area (Å²) in [7, 11) is 0. The molecule has 0 spiro atoms. The third-order valence-electron chi connectivity index (χ3n) is 2.93. The van der Waals surface area contributed by atoms with E-state index in [4.69, 9.17) is 0 Å². The van der Waals surface area contributed by atoms with Gasteiger partial charge in [0.1, 0.15) is 0 Å². The lowest BCUT2D eigenvalue weighted by atomic mass is 9.97. The summed E-state index contributed by atoms with van der Waals surface area (Å²) in [6.45, 7) is 0. The Balaban J connectivity index is 2.24. The van der Waals surface area contributed by atoms with Crippen molar-refractivity contribution in [3.63, 3.8) is 0 Å². The fraction of sp³-hybridized carbons (Fsp3) is 0.273. The minimum absolute atomic E-state index is 0.736. The summed E-state index contributed by atoms with van der Waals surface area (Å²) < 4.78 is 1.37. The summed E-state index contributed by atoms with van der Waals surface area (Å²) >= 11 is 2.39. The second-order valence-electron chi connectivity index (χ2n) is 3.61. The largest absolute Gasteiger partial charge is 0.0804 e. The smallest absolute Gasteiger partial charge is 0.0133 e. The van der Waals surface area contributed by atoms with Gasteiger partial charge < -0.3 is 0 Å². The van der Waals surface area contributed by atoms with Crippen molar-refractivity contribution in [2.24, 2.45) is 0 Å². The molecule has 1 heteroatoms. The summed E-state index contributed by atoms with van der Waals surface area (Å²) in [4.78, 5) is 0. The van der Waals surface area contributed by atoms with E-state index in [1.807, 2.05) is 0 Å². The van der Waals surface area contributed by atoms with Gasteiger partial charge in [-0.1, -0.05) is 18.2 Å². The molecule has 2 aliphatic carbocycles. The molecular weight excluding hydrogens is 259 g/mol. The first-order valence-corrected chi connectivity index (χ1v) is 5.40. The van der Waals surface area contributed by atoms with Crippen molar-refractivity contribution in [2.75, 3.05) is 0 Å². The highest BCUT2D eigenvalue weighted by atomic mass is 127. The van der Waals surface area contributed by atoms with E-state index in [1.165, 1.54) is 9.99 Å². The molecule has 2 bridgehead atoms. The molecule has 0 N–H and O–H groups in total. The Morgan fingerprint density at radius 2 is 1.83 bits per heavy atom. The highest BCUT2D eigenvalue weighted by Gasteiger charge is 2.32. The Labute approximate surface area is 85.8 Å².